The summed E-state index contributed by atoms with van der Waals surface area (Å²) in [5.74, 6) is 0. The molecule has 0 unspecified atom stereocenters. The van der Waals surface area contributed by atoms with Crippen LogP contribution in [0.15, 0.2) is 60.7 Å². The molecule has 1 saturated carbocycles. The molecule has 2 aromatic rings. The smallest absolute Gasteiger partial charge is 0.217 e. The molecule has 0 atom stereocenters. The second kappa shape index (κ2) is 7.51. The van der Waals surface area contributed by atoms with E-state index in [0.717, 1.165) is 32.4 Å². The summed E-state index contributed by atoms with van der Waals surface area (Å²) < 4.78 is 27.0. The lowest BCUT2D eigenvalue weighted by molar-refractivity contribution is 0.237. The molecule has 138 valence electrons. The first-order valence-corrected chi connectivity index (χ1v) is 11.0. The van der Waals surface area contributed by atoms with Gasteiger partial charge >= 0.3 is 0 Å². The van der Waals surface area contributed by atoms with Gasteiger partial charge in [-0.3, -0.25) is 4.90 Å². The Balaban J connectivity index is 1.58. The van der Waals surface area contributed by atoms with Gasteiger partial charge in [-0.15, -0.1) is 0 Å². The first-order valence-electron chi connectivity index (χ1n) is 9.49. The van der Waals surface area contributed by atoms with E-state index in [2.05, 4.69) is 53.4 Å². The number of sulfonamides is 1. The van der Waals surface area contributed by atoms with Crippen LogP contribution in [0.1, 0.15) is 36.4 Å². The molecular formula is C21H26N2O2S. The first-order chi connectivity index (χ1) is 12.7. The predicted molar refractivity (Wildman–Crippen MR) is 104 cm³/mol. The van der Waals surface area contributed by atoms with Crippen LogP contribution in [-0.4, -0.2) is 49.1 Å². The maximum absolute atomic E-state index is 12.6. The topological polar surface area (TPSA) is 40.6 Å². The Morgan fingerprint density at radius 3 is 1.88 bits per heavy atom. The van der Waals surface area contributed by atoms with Crippen LogP contribution in [0.25, 0.3) is 0 Å². The molecule has 4 rings (SSSR count). The van der Waals surface area contributed by atoms with Gasteiger partial charge in [0.25, 0.3) is 0 Å². The monoisotopic (exact) mass is 370 g/mol. The number of nitrogens with zero attached hydrogens (tertiary/aromatic N) is 2. The van der Waals surface area contributed by atoms with Gasteiger partial charge in [-0.25, -0.2) is 12.7 Å². The summed E-state index contributed by atoms with van der Waals surface area (Å²) in [6, 6.07) is 21.2. The molecule has 5 heteroatoms. The van der Waals surface area contributed by atoms with Crippen LogP contribution in [0.2, 0.25) is 0 Å². The number of rotatable bonds is 5. The highest BCUT2D eigenvalue weighted by molar-refractivity contribution is 7.90. The lowest BCUT2D eigenvalue weighted by Crippen LogP contribution is -2.38. The van der Waals surface area contributed by atoms with Crippen molar-refractivity contribution in [1.29, 1.82) is 0 Å². The van der Waals surface area contributed by atoms with Gasteiger partial charge in [0.1, 0.15) is 0 Å². The van der Waals surface area contributed by atoms with E-state index in [1.807, 2.05) is 12.1 Å². The molecule has 0 amide bonds. The number of hydrogen-bond acceptors (Lipinski definition) is 3. The van der Waals surface area contributed by atoms with Gasteiger partial charge in [0.05, 0.1) is 11.3 Å². The summed E-state index contributed by atoms with van der Waals surface area (Å²) in [6.07, 6.45) is 2.54. The molecular weight excluding hydrogens is 344 g/mol. The third-order valence-electron chi connectivity index (χ3n) is 5.39. The Bertz CT molecular complexity index is 780. The van der Waals surface area contributed by atoms with Gasteiger partial charge in [-0.05, 0) is 30.4 Å². The third-order valence-corrected chi connectivity index (χ3v) is 7.79. The quantitative estimate of drug-likeness (QED) is 0.811. The lowest BCUT2D eigenvalue weighted by atomic mass is 9.97. The third kappa shape index (κ3) is 3.70. The van der Waals surface area contributed by atoms with Crippen molar-refractivity contribution in [3.8, 4) is 0 Å². The van der Waals surface area contributed by atoms with Crippen LogP contribution in [0.5, 0.6) is 0 Å². The van der Waals surface area contributed by atoms with Crippen LogP contribution in [-0.2, 0) is 10.0 Å². The highest BCUT2D eigenvalue weighted by Gasteiger charge is 2.40. The molecule has 2 aliphatic rings. The van der Waals surface area contributed by atoms with Crippen molar-refractivity contribution in [1.82, 2.24) is 9.21 Å². The fourth-order valence-corrected chi connectivity index (χ4v) is 5.76. The van der Waals surface area contributed by atoms with E-state index >= 15 is 0 Å². The van der Waals surface area contributed by atoms with Crippen molar-refractivity contribution >= 4 is 10.0 Å². The number of benzene rings is 2. The highest BCUT2D eigenvalue weighted by atomic mass is 32.2. The van der Waals surface area contributed by atoms with Crippen molar-refractivity contribution in [2.45, 2.75) is 30.6 Å². The van der Waals surface area contributed by atoms with Crippen molar-refractivity contribution in [3.05, 3.63) is 71.8 Å². The average molecular weight is 371 g/mol. The van der Waals surface area contributed by atoms with Crippen LogP contribution < -0.4 is 0 Å². The Kier molecular flexibility index (Phi) is 5.11. The van der Waals surface area contributed by atoms with E-state index in [4.69, 9.17) is 0 Å². The molecule has 1 heterocycles. The van der Waals surface area contributed by atoms with Crippen LogP contribution in [0.4, 0.5) is 0 Å². The van der Waals surface area contributed by atoms with Crippen molar-refractivity contribution in [2.75, 3.05) is 26.2 Å². The zero-order valence-electron chi connectivity index (χ0n) is 15.0. The first kappa shape index (κ1) is 17.7. The molecule has 0 N–H and O–H groups in total. The summed E-state index contributed by atoms with van der Waals surface area (Å²) in [6.45, 7) is 2.91. The van der Waals surface area contributed by atoms with Gasteiger partial charge < -0.3 is 0 Å². The molecule has 0 bridgehead atoms. The van der Waals surface area contributed by atoms with Crippen molar-refractivity contribution < 1.29 is 8.42 Å². The average Bonchev–Trinajstić information content (AvgIpc) is 3.52. The number of hydrogen-bond donors (Lipinski definition) is 0. The normalized spacial score (nSPS) is 20.2. The second-order valence-corrected chi connectivity index (χ2v) is 9.47. The molecule has 0 radical (unpaired) electrons. The fraction of sp³-hybridized carbons (Fsp3) is 0.429. The fourth-order valence-electron chi connectivity index (χ4n) is 3.89. The summed E-state index contributed by atoms with van der Waals surface area (Å²) >= 11 is 0. The van der Waals surface area contributed by atoms with Gasteiger partial charge in [0.2, 0.25) is 10.0 Å². The molecule has 4 nitrogen and oxygen atoms in total. The minimum atomic E-state index is -3.08. The van der Waals surface area contributed by atoms with Gasteiger partial charge in [-0.2, -0.15) is 0 Å². The molecule has 1 aliphatic heterocycles. The van der Waals surface area contributed by atoms with Crippen LogP contribution in [0, 0.1) is 0 Å². The Labute approximate surface area is 156 Å². The zero-order valence-corrected chi connectivity index (χ0v) is 15.8. The van der Waals surface area contributed by atoms with E-state index < -0.39 is 10.0 Å². The molecule has 1 aliphatic carbocycles. The SMILES string of the molecule is O=S(=O)(C1CC1)N1CCCN(C(c2ccccc2)c2ccccc2)CC1. The van der Waals surface area contributed by atoms with E-state index in [1.165, 1.54) is 11.1 Å². The van der Waals surface area contributed by atoms with Gasteiger partial charge in [0, 0.05) is 26.2 Å². The maximum Gasteiger partial charge on any atom is 0.217 e. The summed E-state index contributed by atoms with van der Waals surface area (Å²) in [7, 11) is -3.08. The van der Waals surface area contributed by atoms with Crippen LogP contribution in [0.3, 0.4) is 0 Å². The van der Waals surface area contributed by atoms with Gasteiger partial charge in [-0.1, -0.05) is 60.7 Å². The highest BCUT2D eigenvalue weighted by Crippen LogP contribution is 2.33. The second-order valence-electron chi connectivity index (χ2n) is 7.26. The lowest BCUT2D eigenvalue weighted by Gasteiger charge is -2.31. The Hall–Kier alpha value is -1.69. The van der Waals surface area contributed by atoms with E-state index in [-0.39, 0.29) is 11.3 Å². The molecule has 26 heavy (non-hydrogen) atoms. The molecule has 2 aromatic carbocycles. The van der Waals surface area contributed by atoms with Crippen LogP contribution >= 0.6 is 0 Å². The summed E-state index contributed by atoms with van der Waals surface area (Å²) in [5.41, 5.74) is 2.52. The maximum atomic E-state index is 12.6. The van der Waals surface area contributed by atoms with E-state index in [0.29, 0.717) is 13.1 Å². The van der Waals surface area contributed by atoms with Crippen molar-refractivity contribution in [2.24, 2.45) is 0 Å². The zero-order chi connectivity index (χ0) is 18.0. The Morgan fingerprint density at radius 1 is 0.769 bits per heavy atom. The molecule has 0 aromatic heterocycles. The van der Waals surface area contributed by atoms with E-state index in [9.17, 15) is 8.42 Å². The minimum Gasteiger partial charge on any atom is -0.291 e. The molecule has 0 spiro atoms. The van der Waals surface area contributed by atoms with E-state index in [1.54, 1.807) is 4.31 Å². The molecule has 1 saturated heterocycles. The van der Waals surface area contributed by atoms with Crippen molar-refractivity contribution in [3.63, 3.8) is 0 Å². The molecule has 2 fully saturated rings. The Morgan fingerprint density at radius 2 is 1.35 bits per heavy atom. The summed E-state index contributed by atoms with van der Waals surface area (Å²) in [5, 5.41) is -0.118. The minimum absolute atomic E-state index is 0.118. The predicted octanol–water partition coefficient (Wildman–Crippen LogP) is 3.28. The largest absolute Gasteiger partial charge is 0.291 e. The summed E-state index contributed by atoms with van der Waals surface area (Å²) in [4.78, 5) is 2.44. The van der Waals surface area contributed by atoms with Gasteiger partial charge in [0.15, 0.2) is 0 Å². The standard InChI is InChI=1S/C21H26N2O2S/c24-26(25,20-12-13-20)23-15-7-14-22(16-17-23)21(18-8-3-1-4-9-18)19-10-5-2-6-11-19/h1-6,8-11,20-21H,7,12-17H2.